The number of hydrogen-bond donors (Lipinski definition) is 4. The molecule has 4 rings (SSSR count). The number of anilines is 1. The lowest BCUT2D eigenvalue weighted by atomic mass is 9.56. The van der Waals surface area contributed by atoms with Crippen LogP contribution >= 0.6 is 0 Å². The second-order valence-electron chi connectivity index (χ2n) is 12.2. The van der Waals surface area contributed by atoms with Gasteiger partial charge in [0.15, 0.2) is 22.3 Å². The number of hydrogen-bond acceptors (Lipinski definition) is 8. The van der Waals surface area contributed by atoms with Crippen LogP contribution in [0.5, 0.6) is 0 Å². The van der Waals surface area contributed by atoms with Crippen molar-refractivity contribution in [2.24, 2.45) is 10.8 Å². The van der Waals surface area contributed by atoms with Gasteiger partial charge in [0.2, 0.25) is 0 Å². The number of imidazole rings is 1. The first-order valence-electron chi connectivity index (χ1n) is 12.7. The van der Waals surface area contributed by atoms with Gasteiger partial charge in [0.25, 0.3) is 5.91 Å². The highest BCUT2D eigenvalue weighted by atomic mass is 28.3. The van der Waals surface area contributed by atoms with Gasteiger partial charge in [0.1, 0.15) is 32.4 Å². The summed E-state index contributed by atoms with van der Waals surface area (Å²) in [7, 11) is -1.69. The number of rotatable bonds is 5. The van der Waals surface area contributed by atoms with Crippen LogP contribution in [0.3, 0.4) is 0 Å². The quantitative estimate of drug-likeness (QED) is 0.362. The molecule has 11 heteroatoms. The van der Waals surface area contributed by atoms with E-state index in [1.165, 1.54) is 12.7 Å². The number of carbonyl (C=O) groups excluding carboxylic acids is 1. The van der Waals surface area contributed by atoms with Crippen molar-refractivity contribution in [2.45, 2.75) is 77.3 Å². The molecule has 1 amide bonds. The van der Waals surface area contributed by atoms with Crippen LogP contribution in [-0.2, 0) is 10.1 Å². The van der Waals surface area contributed by atoms with E-state index >= 15 is 0 Å². The Balaban J connectivity index is 1.97. The van der Waals surface area contributed by atoms with Gasteiger partial charge >= 0.3 is 0 Å². The standard InChI is InChI=1S/C27H38N5O5Si/c1-23(2,3)25(35)18(14-33)37-27(38(7)8,26(25,36)24(4,5)6)32-16-30-19-20(28-15-29-21(19)32)31-22(34)17-12-10-9-11-13-17/h9-13,15-16,18,33,35-36H,14H2,1-8H3,(H,28,29,31,34)/t18-,25+,26-,27+/m1/s1. The lowest BCUT2D eigenvalue weighted by molar-refractivity contribution is -0.256. The van der Waals surface area contributed by atoms with Crippen LogP contribution in [0.25, 0.3) is 11.2 Å². The maximum atomic E-state index is 12.9. The normalized spacial score (nSPS) is 28.3. The Kier molecular flexibility index (Phi) is 6.85. The van der Waals surface area contributed by atoms with Gasteiger partial charge in [-0.1, -0.05) is 72.8 Å². The van der Waals surface area contributed by atoms with Gasteiger partial charge in [-0.15, -0.1) is 0 Å². The van der Waals surface area contributed by atoms with E-state index in [1.807, 2.05) is 60.7 Å². The number of ether oxygens (including phenoxy) is 1. The molecular weight excluding hydrogens is 502 g/mol. The molecule has 4 atom stereocenters. The Morgan fingerprint density at radius 3 is 2.21 bits per heavy atom. The van der Waals surface area contributed by atoms with E-state index in [0.29, 0.717) is 16.7 Å². The summed E-state index contributed by atoms with van der Waals surface area (Å²) in [6.07, 6.45) is 1.73. The van der Waals surface area contributed by atoms with Gasteiger partial charge < -0.3 is 25.4 Å². The van der Waals surface area contributed by atoms with Crippen LogP contribution in [0.1, 0.15) is 51.9 Å². The number of aromatic nitrogens is 4. The number of aliphatic hydroxyl groups excluding tert-OH is 1. The fraction of sp³-hybridized carbons (Fsp3) is 0.556. The highest BCUT2D eigenvalue weighted by Gasteiger charge is 2.81. The third-order valence-electron chi connectivity index (χ3n) is 7.83. The van der Waals surface area contributed by atoms with Gasteiger partial charge in [-0.25, -0.2) is 15.0 Å². The molecule has 0 spiro atoms. The first-order valence-corrected chi connectivity index (χ1v) is 15.2. The van der Waals surface area contributed by atoms with Crippen molar-refractivity contribution in [3.63, 3.8) is 0 Å². The smallest absolute Gasteiger partial charge is 0.256 e. The van der Waals surface area contributed by atoms with Gasteiger partial charge in [-0.2, -0.15) is 0 Å². The molecule has 4 N–H and O–H groups in total. The molecule has 38 heavy (non-hydrogen) atoms. The molecule has 1 aliphatic heterocycles. The number of aliphatic hydroxyl groups is 3. The molecule has 3 aromatic rings. The highest BCUT2D eigenvalue weighted by Crippen LogP contribution is 2.63. The van der Waals surface area contributed by atoms with Crippen molar-refractivity contribution in [1.29, 1.82) is 0 Å². The molecule has 1 fully saturated rings. The summed E-state index contributed by atoms with van der Waals surface area (Å²) in [6, 6.07) is 8.76. The molecule has 3 heterocycles. The molecule has 0 saturated carbocycles. The molecule has 1 aliphatic rings. The first kappa shape index (κ1) is 28.3. The largest absolute Gasteiger partial charge is 0.394 e. The van der Waals surface area contributed by atoms with Crippen LogP contribution in [-0.4, -0.2) is 73.5 Å². The van der Waals surface area contributed by atoms with E-state index in [-0.39, 0.29) is 11.7 Å². The van der Waals surface area contributed by atoms with Crippen LogP contribution in [0.4, 0.5) is 5.82 Å². The summed E-state index contributed by atoms with van der Waals surface area (Å²) in [5.74, 6) is -0.141. The molecule has 0 bridgehead atoms. The van der Waals surface area contributed by atoms with Gasteiger partial charge in [0.05, 0.1) is 12.9 Å². The highest BCUT2D eigenvalue weighted by molar-refractivity contribution is 6.58. The van der Waals surface area contributed by atoms with E-state index in [9.17, 15) is 20.1 Å². The molecular formula is C27H38N5O5Si. The average molecular weight is 541 g/mol. The Labute approximate surface area is 224 Å². The van der Waals surface area contributed by atoms with Crippen molar-refractivity contribution >= 4 is 31.7 Å². The zero-order valence-electron chi connectivity index (χ0n) is 23.3. The number of benzene rings is 1. The number of nitrogens with zero attached hydrogens (tertiary/aromatic N) is 4. The zero-order valence-corrected chi connectivity index (χ0v) is 24.3. The van der Waals surface area contributed by atoms with Gasteiger partial charge in [0, 0.05) is 5.56 Å². The van der Waals surface area contributed by atoms with Crippen molar-refractivity contribution in [1.82, 2.24) is 19.5 Å². The molecule has 10 nitrogen and oxygen atoms in total. The summed E-state index contributed by atoms with van der Waals surface area (Å²) in [5.41, 5.74) is -4.47. The predicted octanol–water partition coefficient (Wildman–Crippen LogP) is 2.97. The van der Waals surface area contributed by atoms with Crippen LogP contribution in [0, 0.1) is 10.8 Å². The number of carbonyl (C=O) groups is 1. The van der Waals surface area contributed by atoms with Gasteiger partial charge in [-0.3, -0.25) is 9.36 Å². The van der Waals surface area contributed by atoms with Crippen molar-refractivity contribution in [3.05, 3.63) is 48.5 Å². The second kappa shape index (κ2) is 9.20. The molecule has 2 aromatic heterocycles. The minimum atomic E-state index is -1.90. The Morgan fingerprint density at radius 2 is 1.68 bits per heavy atom. The number of fused-ring (bicyclic) bond motifs is 1. The molecule has 0 aliphatic carbocycles. The summed E-state index contributed by atoms with van der Waals surface area (Å²) in [5, 5.41) is 37.2. The fourth-order valence-electron chi connectivity index (χ4n) is 6.02. The Bertz CT molecular complexity index is 1340. The number of amides is 1. The van der Waals surface area contributed by atoms with Crippen molar-refractivity contribution in [3.8, 4) is 0 Å². The monoisotopic (exact) mass is 540 g/mol. The van der Waals surface area contributed by atoms with E-state index in [2.05, 4.69) is 20.3 Å². The minimum Gasteiger partial charge on any atom is -0.394 e. The lowest BCUT2D eigenvalue weighted by Gasteiger charge is -2.58. The zero-order chi connectivity index (χ0) is 28.3. The van der Waals surface area contributed by atoms with E-state index in [4.69, 9.17) is 4.74 Å². The predicted molar refractivity (Wildman–Crippen MR) is 146 cm³/mol. The molecule has 1 saturated heterocycles. The molecule has 205 valence electrons. The molecule has 1 aromatic carbocycles. The number of nitrogens with one attached hydrogen (secondary N) is 1. The Hall–Kier alpha value is -2.70. The third-order valence-corrected chi connectivity index (χ3v) is 9.91. The van der Waals surface area contributed by atoms with E-state index in [1.54, 1.807) is 28.8 Å². The second-order valence-corrected chi connectivity index (χ2v) is 14.9. The van der Waals surface area contributed by atoms with Crippen molar-refractivity contribution in [2.75, 3.05) is 11.9 Å². The molecule has 0 unspecified atom stereocenters. The maximum Gasteiger partial charge on any atom is 0.256 e. The summed E-state index contributed by atoms with van der Waals surface area (Å²) < 4.78 is 8.32. The minimum absolute atomic E-state index is 0.209. The van der Waals surface area contributed by atoms with E-state index < -0.39 is 48.9 Å². The summed E-state index contributed by atoms with van der Waals surface area (Å²) >= 11 is 0. The van der Waals surface area contributed by atoms with Crippen molar-refractivity contribution < 1.29 is 24.9 Å². The Morgan fingerprint density at radius 1 is 1.05 bits per heavy atom. The average Bonchev–Trinajstić information content (AvgIpc) is 3.37. The van der Waals surface area contributed by atoms with Gasteiger partial charge in [-0.05, 0) is 23.0 Å². The fourth-order valence-corrected chi connectivity index (χ4v) is 8.33. The van der Waals surface area contributed by atoms with Crippen LogP contribution < -0.4 is 5.32 Å². The topological polar surface area (TPSA) is 143 Å². The first-order chi connectivity index (χ1) is 17.6. The van der Waals surface area contributed by atoms with Crippen LogP contribution in [0.2, 0.25) is 13.1 Å². The third kappa shape index (κ3) is 3.67. The van der Waals surface area contributed by atoms with E-state index in [0.717, 1.165) is 0 Å². The molecule has 1 radical (unpaired) electrons. The lowest BCUT2D eigenvalue weighted by Crippen LogP contribution is -2.76. The summed E-state index contributed by atoms with van der Waals surface area (Å²) in [4.78, 5) is 26.2. The SMILES string of the molecule is C[Si](C)[C@@]1(n2cnc3c(NC(=O)c4ccccc4)ncnc32)O[C@H](CO)[C@](O)(C(C)(C)C)[C@]1(O)C(C)(C)C. The maximum absolute atomic E-state index is 12.9. The summed E-state index contributed by atoms with van der Waals surface area (Å²) in [6.45, 7) is 14.5. The van der Waals surface area contributed by atoms with Crippen LogP contribution in [0.15, 0.2) is 43.0 Å².